The first kappa shape index (κ1) is 27.1. The van der Waals surface area contributed by atoms with Crippen molar-refractivity contribution in [3.8, 4) is 22.4 Å². The Kier molecular flexibility index (Phi) is 7.64. The fourth-order valence-corrected chi connectivity index (χ4v) is 5.51. The first-order valence-electron chi connectivity index (χ1n) is 13.9. The summed E-state index contributed by atoms with van der Waals surface area (Å²) in [5.74, 6) is 0. The largest absolute Gasteiger partial charge is 0.444 e. The summed E-state index contributed by atoms with van der Waals surface area (Å²) in [5, 5.41) is 3.88. The van der Waals surface area contributed by atoms with Crippen molar-refractivity contribution >= 4 is 28.7 Å². The van der Waals surface area contributed by atoms with Crippen LogP contribution in [-0.4, -0.2) is 16.7 Å². The first-order chi connectivity index (χ1) is 18.7. The number of alkyl carbamates (subject to hydrolysis) is 1. The lowest BCUT2D eigenvalue weighted by Gasteiger charge is -2.43. The van der Waals surface area contributed by atoms with E-state index in [1.165, 1.54) is 0 Å². The quantitative estimate of drug-likeness (QED) is 0.189. The van der Waals surface area contributed by atoms with Gasteiger partial charge in [0.2, 0.25) is 5.52 Å². The van der Waals surface area contributed by atoms with Gasteiger partial charge in [-0.25, -0.2) is 9.78 Å². The molecule has 0 atom stereocenters. The molecule has 2 heterocycles. The number of aryl methyl sites for hydroxylation is 1. The number of nitrogens with zero attached hydrogens (tertiary/aromatic N) is 2. The summed E-state index contributed by atoms with van der Waals surface area (Å²) < 4.78 is 7.72. The number of rotatable bonds is 7. The number of pyridine rings is 2. The van der Waals surface area contributed by atoms with Crippen molar-refractivity contribution in [3.05, 3.63) is 83.5 Å². The maximum atomic E-state index is 12.6. The average Bonchev–Trinajstić information content (AvgIpc) is 2.89. The fourth-order valence-electron chi connectivity index (χ4n) is 5.27. The molecular weight excluding hydrogens is 506 g/mol. The fraction of sp³-hybridized carbons (Fsp3) is 0.364. The van der Waals surface area contributed by atoms with E-state index in [-0.39, 0.29) is 11.6 Å². The molecule has 1 aliphatic rings. The van der Waals surface area contributed by atoms with Crippen LogP contribution in [0.2, 0.25) is 5.15 Å². The molecule has 2 aromatic heterocycles. The Balaban J connectivity index is 1.55. The predicted octanol–water partition coefficient (Wildman–Crippen LogP) is 8.21. The average molecular weight is 543 g/mol. The van der Waals surface area contributed by atoms with Crippen LogP contribution in [0.25, 0.3) is 33.4 Å². The smallest absolute Gasteiger partial charge is 0.408 e. The number of hydrogen-bond donors (Lipinski definition) is 1. The second-order valence-electron chi connectivity index (χ2n) is 11.5. The molecule has 1 saturated carbocycles. The monoisotopic (exact) mass is 542 g/mol. The third-order valence-corrected chi connectivity index (χ3v) is 7.77. The van der Waals surface area contributed by atoms with Gasteiger partial charge in [-0.15, -0.1) is 0 Å². The number of carbonyl (C=O) groups is 1. The molecule has 0 aliphatic heterocycles. The number of unbranched alkanes of at least 4 members (excludes halogenated alkanes) is 1. The highest BCUT2D eigenvalue weighted by molar-refractivity contribution is 6.28. The minimum absolute atomic E-state index is 0.371. The van der Waals surface area contributed by atoms with Crippen LogP contribution >= 0.6 is 11.6 Å². The zero-order valence-electron chi connectivity index (χ0n) is 23.3. The van der Waals surface area contributed by atoms with Gasteiger partial charge in [0.1, 0.15) is 11.1 Å². The highest BCUT2D eigenvalue weighted by Crippen LogP contribution is 2.42. The van der Waals surface area contributed by atoms with Crippen molar-refractivity contribution in [2.24, 2.45) is 0 Å². The first-order valence-corrected chi connectivity index (χ1v) is 14.3. The molecule has 0 spiro atoms. The standard InChI is InChI=1S/C33H36ClN3O2/c1-5-6-21-37-28-22-26(23-11-8-7-9-12-23)30(35-27(28)17-18-29(37)34)24-13-15-25(16-14-24)33(19-10-20-33)36-31(38)39-32(2,3)4/h7-9,11-18,22H,5-6,10,19-21H2,1-4H3/p+1. The molecule has 39 heavy (non-hydrogen) atoms. The topological polar surface area (TPSA) is 55.1 Å². The van der Waals surface area contributed by atoms with Gasteiger partial charge in [-0.2, -0.15) is 4.57 Å². The van der Waals surface area contributed by atoms with Gasteiger partial charge in [-0.3, -0.25) is 0 Å². The van der Waals surface area contributed by atoms with E-state index in [1.807, 2.05) is 39.0 Å². The lowest BCUT2D eigenvalue weighted by molar-refractivity contribution is -0.669. The van der Waals surface area contributed by atoms with Gasteiger partial charge >= 0.3 is 6.09 Å². The number of ether oxygens (including phenoxy) is 1. The number of nitrogens with one attached hydrogen (secondary N) is 1. The zero-order valence-corrected chi connectivity index (χ0v) is 24.0. The van der Waals surface area contributed by atoms with E-state index in [2.05, 4.69) is 71.4 Å². The van der Waals surface area contributed by atoms with Gasteiger partial charge in [-0.05, 0) is 68.8 Å². The zero-order chi connectivity index (χ0) is 27.6. The molecule has 0 saturated heterocycles. The van der Waals surface area contributed by atoms with Crippen LogP contribution < -0.4 is 9.88 Å². The van der Waals surface area contributed by atoms with Crippen LogP contribution in [-0.2, 0) is 16.8 Å². The maximum absolute atomic E-state index is 12.6. The number of amides is 1. The van der Waals surface area contributed by atoms with Gasteiger partial charge < -0.3 is 10.1 Å². The van der Waals surface area contributed by atoms with Crippen LogP contribution in [0.1, 0.15) is 65.4 Å². The van der Waals surface area contributed by atoms with Crippen molar-refractivity contribution in [1.82, 2.24) is 10.3 Å². The number of fused-ring (bicyclic) bond motifs is 1. The molecule has 5 rings (SSSR count). The van der Waals surface area contributed by atoms with Crippen molar-refractivity contribution in [1.29, 1.82) is 0 Å². The summed E-state index contributed by atoms with van der Waals surface area (Å²) in [6.07, 6.45) is 4.63. The van der Waals surface area contributed by atoms with Gasteiger partial charge in [0.05, 0.1) is 11.2 Å². The summed E-state index contributed by atoms with van der Waals surface area (Å²) >= 11 is 6.64. The third kappa shape index (κ3) is 5.79. The number of hydrogen-bond acceptors (Lipinski definition) is 3. The Morgan fingerprint density at radius 3 is 2.36 bits per heavy atom. The molecular formula is C33H37ClN3O2+. The number of halogens is 1. The van der Waals surface area contributed by atoms with E-state index in [0.717, 1.165) is 82.8 Å². The molecule has 0 bridgehead atoms. The minimum atomic E-state index is -0.534. The molecule has 6 heteroatoms. The van der Waals surface area contributed by atoms with Crippen molar-refractivity contribution in [2.45, 2.75) is 77.5 Å². The molecule has 5 nitrogen and oxygen atoms in total. The SMILES string of the molecule is CCCC[n+]1c(Cl)ccc2nc(-c3ccc(C4(NC(=O)OC(C)(C)C)CCC4)cc3)c(-c3ccccc3)cc21. The summed E-state index contributed by atoms with van der Waals surface area (Å²) in [6.45, 7) is 8.69. The van der Waals surface area contributed by atoms with E-state index in [0.29, 0.717) is 0 Å². The molecule has 1 amide bonds. The number of aromatic nitrogens is 2. The molecule has 4 aromatic rings. The van der Waals surface area contributed by atoms with Gasteiger partial charge in [0.15, 0.2) is 6.54 Å². The number of carbonyl (C=O) groups excluding carboxylic acids is 1. The Morgan fingerprint density at radius 2 is 1.74 bits per heavy atom. The Bertz CT molecular complexity index is 1470. The van der Waals surface area contributed by atoms with Crippen LogP contribution in [0, 0.1) is 0 Å². The highest BCUT2D eigenvalue weighted by atomic mass is 35.5. The Hall–Kier alpha value is -3.44. The van der Waals surface area contributed by atoms with Crippen LogP contribution in [0.15, 0.2) is 72.8 Å². The van der Waals surface area contributed by atoms with E-state index >= 15 is 0 Å². The molecule has 202 valence electrons. The minimum Gasteiger partial charge on any atom is -0.444 e. The van der Waals surface area contributed by atoms with Crippen LogP contribution in [0.5, 0.6) is 0 Å². The Labute approximate surface area is 236 Å². The summed E-state index contributed by atoms with van der Waals surface area (Å²) in [7, 11) is 0. The second kappa shape index (κ2) is 11.0. The van der Waals surface area contributed by atoms with Gasteiger partial charge in [0, 0.05) is 29.7 Å². The van der Waals surface area contributed by atoms with Crippen molar-refractivity contribution < 1.29 is 14.1 Å². The van der Waals surface area contributed by atoms with Crippen LogP contribution in [0.4, 0.5) is 4.79 Å². The highest BCUT2D eigenvalue weighted by Gasteiger charge is 2.41. The van der Waals surface area contributed by atoms with Crippen molar-refractivity contribution in [2.75, 3.05) is 0 Å². The molecule has 2 aromatic carbocycles. The summed E-state index contributed by atoms with van der Waals surface area (Å²) in [6, 6.07) is 25.0. The molecule has 0 radical (unpaired) electrons. The Morgan fingerprint density at radius 1 is 1.03 bits per heavy atom. The normalized spacial score (nSPS) is 14.6. The lowest BCUT2D eigenvalue weighted by atomic mass is 9.71. The molecule has 1 aliphatic carbocycles. The number of benzene rings is 2. The maximum Gasteiger partial charge on any atom is 0.408 e. The van der Waals surface area contributed by atoms with Crippen LogP contribution in [0.3, 0.4) is 0 Å². The molecule has 1 N–H and O–H groups in total. The predicted molar refractivity (Wildman–Crippen MR) is 158 cm³/mol. The molecule has 0 unspecified atom stereocenters. The van der Waals surface area contributed by atoms with Gasteiger partial charge in [0.25, 0.3) is 5.15 Å². The third-order valence-electron chi connectivity index (χ3n) is 7.44. The van der Waals surface area contributed by atoms with Crippen molar-refractivity contribution in [3.63, 3.8) is 0 Å². The summed E-state index contributed by atoms with van der Waals surface area (Å²) in [4.78, 5) is 17.8. The second-order valence-corrected chi connectivity index (χ2v) is 11.8. The van der Waals surface area contributed by atoms with Gasteiger partial charge in [-0.1, -0.05) is 67.9 Å². The van der Waals surface area contributed by atoms with E-state index < -0.39 is 5.60 Å². The van der Waals surface area contributed by atoms with E-state index in [9.17, 15) is 4.79 Å². The van der Waals surface area contributed by atoms with E-state index in [4.69, 9.17) is 21.3 Å². The van der Waals surface area contributed by atoms with E-state index in [1.54, 1.807) is 0 Å². The molecule has 1 fully saturated rings. The lowest BCUT2D eigenvalue weighted by Crippen LogP contribution is -2.52. The summed E-state index contributed by atoms with van der Waals surface area (Å²) in [5.41, 5.74) is 6.24.